The standard InChI is InChI=1S/C24H24F2N4O2/c1-24(2,3)30(23(31)32)18(13-16-12-17(25)8-9-20(16)26)14-21-27-28-22-19-7-5-4-6-15(19)10-11-29(21)22/h4-12,18H,13-14H2,1-3H3,(H,31,32)/t18-/m1/s1. The molecule has 0 aliphatic heterocycles. The van der Waals surface area contributed by atoms with E-state index in [4.69, 9.17) is 0 Å². The molecule has 6 nitrogen and oxygen atoms in total. The Labute approximate surface area is 184 Å². The summed E-state index contributed by atoms with van der Waals surface area (Å²) in [6, 6.07) is 12.2. The molecule has 8 heteroatoms. The van der Waals surface area contributed by atoms with Gasteiger partial charge in [0.1, 0.15) is 17.5 Å². The van der Waals surface area contributed by atoms with Crippen molar-refractivity contribution in [1.82, 2.24) is 19.5 Å². The van der Waals surface area contributed by atoms with Crippen molar-refractivity contribution in [3.63, 3.8) is 0 Å². The first-order chi connectivity index (χ1) is 15.1. The van der Waals surface area contributed by atoms with E-state index in [1.165, 1.54) is 4.90 Å². The lowest BCUT2D eigenvalue weighted by Gasteiger charge is -2.39. The average Bonchev–Trinajstić information content (AvgIpc) is 3.12. The number of benzene rings is 2. The minimum absolute atomic E-state index is 0.00431. The monoisotopic (exact) mass is 438 g/mol. The Bertz CT molecular complexity index is 1300. The molecule has 32 heavy (non-hydrogen) atoms. The van der Waals surface area contributed by atoms with E-state index in [1.807, 2.05) is 40.9 Å². The minimum Gasteiger partial charge on any atom is -0.465 e. The van der Waals surface area contributed by atoms with Gasteiger partial charge in [0.05, 0.1) is 0 Å². The van der Waals surface area contributed by atoms with Crippen LogP contribution < -0.4 is 0 Å². The number of hydrogen-bond acceptors (Lipinski definition) is 3. The van der Waals surface area contributed by atoms with Crippen LogP contribution in [0.2, 0.25) is 0 Å². The van der Waals surface area contributed by atoms with E-state index in [-0.39, 0.29) is 18.4 Å². The molecule has 0 radical (unpaired) electrons. The average molecular weight is 438 g/mol. The number of carboxylic acid groups (broad SMARTS) is 1. The molecular weight excluding hydrogens is 414 g/mol. The summed E-state index contributed by atoms with van der Waals surface area (Å²) in [4.78, 5) is 13.5. The Morgan fingerprint density at radius 3 is 2.56 bits per heavy atom. The van der Waals surface area contributed by atoms with Gasteiger partial charge >= 0.3 is 6.09 Å². The lowest BCUT2D eigenvalue weighted by molar-refractivity contribution is 0.0690. The quantitative estimate of drug-likeness (QED) is 0.471. The normalized spacial score (nSPS) is 12.9. The maximum Gasteiger partial charge on any atom is 0.408 e. The molecule has 1 atom stereocenters. The van der Waals surface area contributed by atoms with Crippen molar-refractivity contribution in [1.29, 1.82) is 0 Å². The van der Waals surface area contributed by atoms with Crippen LogP contribution in [0.25, 0.3) is 16.4 Å². The molecule has 4 aromatic rings. The maximum absolute atomic E-state index is 14.4. The van der Waals surface area contributed by atoms with Crippen molar-refractivity contribution >= 4 is 22.5 Å². The van der Waals surface area contributed by atoms with Gasteiger partial charge in [-0.3, -0.25) is 9.30 Å². The molecule has 0 saturated carbocycles. The Hall–Kier alpha value is -3.55. The van der Waals surface area contributed by atoms with Gasteiger partial charge in [-0.05, 0) is 62.4 Å². The van der Waals surface area contributed by atoms with Gasteiger partial charge in [0.15, 0.2) is 5.65 Å². The zero-order chi connectivity index (χ0) is 23.0. The number of pyridine rings is 1. The summed E-state index contributed by atoms with van der Waals surface area (Å²) in [5, 5.41) is 20.6. The van der Waals surface area contributed by atoms with Crippen LogP contribution in [0.1, 0.15) is 32.2 Å². The van der Waals surface area contributed by atoms with Crippen LogP contribution in [0.5, 0.6) is 0 Å². The van der Waals surface area contributed by atoms with E-state index in [9.17, 15) is 18.7 Å². The van der Waals surface area contributed by atoms with Crippen LogP contribution in [0.15, 0.2) is 54.7 Å². The highest BCUT2D eigenvalue weighted by Gasteiger charge is 2.35. The Balaban J connectivity index is 1.79. The summed E-state index contributed by atoms with van der Waals surface area (Å²) >= 11 is 0. The third-order valence-corrected chi connectivity index (χ3v) is 5.55. The van der Waals surface area contributed by atoms with Crippen LogP contribution in [0, 0.1) is 11.6 Å². The lowest BCUT2D eigenvalue weighted by Crippen LogP contribution is -2.53. The third kappa shape index (κ3) is 4.12. The molecule has 0 aliphatic rings. The smallest absolute Gasteiger partial charge is 0.408 e. The molecule has 1 amide bonds. The molecule has 4 rings (SSSR count). The third-order valence-electron chi connectivity index (χ3n) is 5.55. The van der Waals surface area contributed by atoms with E-state index in [1.54, 1.807) is 20.8 Å². The molecule has 0 saturated heterocycles. The zero-order valence-corrected chi connectivity index (χ0v) is 18.1. The van der Waals surface area contributed by atoms with Gasteiger partial charge in [-0.1, -0.05) is 24.3 Å². The van der Waals surface area contributed by atoms with Gasteiger partial charge in [-0.25, -0.2) is 13.6 Å². The van der Waals surface area contributed by atoms with Gasteiger partial charge in [0.25, 0.3) is 0 Å². The molecule has 0 fully saturated rings. The van der Waals surface area contributed by atoms with E-state index in [2.05, 4.69) is 10.2 Å². The molecular formula is C24H24F2N4O2. The topological polar surface area (TPSA) is 70.7 Å². The number of rotatable bonds is 5. The fourth-order valence-electron chi connectivity index (χ4n) is 4.21. The SMILES string of the molecule is CC(C)(C)N(C(=O)O)[C@H](Cc1cc(F)ccc1F)Cc1nnc2c3ccccc3ccn12. The lowest BCUT2D eigenvalue weighted by atomic mass is 9.95. The molecule has 0 bridgehead atoms. The van der Waals surface area contributed by atoms with Crippen molar-refractivity contribution in [2.24, 2.45) is 0 Å². The largest absolute Gasteiger partial charge is 0.465 e. The first kappa shape index (κ1) is 21.7. The first-order valence-electron chi connectivity index (χ1n) is 10.3. The predicted octanol–water partition coefficient (Wildman–Crippen LogP) is 5.09. The number of fused-ring (bicyclic) bond motifs is 3. The summed E-state index contributed by atoms with van der Waals surface area (Å²) in [6.07, 6.45) is 0.877. The molecule has 1 N–H and O–H groups in total. The summed E-state index contributed by atoms with van der Waals surface area (Å²) in [5.74, 6) is -0.604. The highest BCUT2D eigenvalue weighted by Crippen LogP contribution is 2.26. The summed E-state index contributed by atoms with van der Waals surface area (Å²) in [6.45, 7) is 5.31. The fourth-order valence-corrected chi connectivity index (χ4v) is 4.21. The molecule has 0 unspecified atom stereocenters. The fraction of sp³-hybridized carbons (Fsp3) is 0.292. The van der Waals surface area contributed by atoms with Crippen LogP contribution in [0.3, 0.4) is 0 Å². The molecule has 2 aromatic carbocycles. The molecule has 2 heterocycles. The first-order valence-corrected chi connectivity index (χ1v) is 10.3. The van der Waals surface area contributed by atoms with Crippen molar-refractivity contribution < 1.29 is 18.7 Å². The number of carbonyl (C=O) groups is 1. The predicted molar refractivity (Wildman–Crippen MR) is 118 cm³/mol. The number of aromatic nitrogens is 3. The second kappa shape index (κ2) is 8.18. The van der Waals surface area contributed by atoms with Gasteiger partial charge in [0, 0.05) is 29.6 Å². The molecule has 166 valence electrons. The minimum atomic E-state index is -1.14. The van der Waals surface area contributed by atoms with E-state index < -0.39 is 29.3 Å². The highest BCUT2D eigenvalue weighted by molar-refractivity contribution is 5.93. The zero-order valence-electron chi connectivity index (χ0n) is 18.1. The van der Waals surface area contributed by atoms with Gasteiger partial charge in [0.2, 0.25) is 0 Å². The van der Waals surface area contributed by atoms with E-state index in [0.717, 1.165) is 29.0 Å². The Kier molecular flexibility index (Phi) is 5.54. The van der Waals surface area contributed by atoms with Crippen LogP contribution in [-0.4, -0.2) is 42.3 Å². The highest BCUT2D eigenvalue weighted by atomic mass is 19.1. The molecule has 2 aromatic heterocycles. The van der Waals surface area contributed by atoms with Gasteiger partial charge in [-0.15, -0.1) is 10.2 Å². The second-order valence-electron chi connectivity index (χ2n) is 8.83. The summed E-state index contributed by atoms with van der Waals surface area (Å²) in [7, 11) is 0. The second-order valence-corrected chi connectivity index (χ2v) is 8.83. The Morgan fingerprint density at radius 2 is 1.84 bits per heavy atom. The number of amides is 1. The molecule has 0 aliphatic carbocycles. The number of nitrogens with zero attached hydrogens (tertiary/aromatic N) is 4. The van der Waals surface area contributed by atoms with Crippen molar-refractivity contribution in [2.75, 3.05) is 0 Å². The maximum atomic E-state index is 14.4. The summed E-state index contributed by atoms with van der Waals surface area (Å²) in [5.41, 5.74) is 0.00390. The van der Waals surface area contributed by atoms with E-state index in [0.29, 0.717) is 11.5 Å². The Morgan fingerprint density at radius 1 is 1.09 bits per heavy atom. The van der Waals surface area contributed by atoms with Crippen LogP contribution >= 0.6 is 0 Å². The van der Waals surface area contributed by atoms with Crippen LogP contribution in [0.4, 0.5) is 13.6 Å². The van der Waals surface area contributed by atoms with Crippen molar-refractivity contribution in [2.45, 2.75) is 45.2 Å². The van der Waals surface area contributed by atoms with E-state index >= 15 is 0 Å². The molecule has 0 spiro atoms. The van der Waals surface area contributed by atoms with Gasteiger partial charge in [-0.2, -0.15) is 0 Å². The van der Waals surface area contributed by atoms with Gasteiger partial charge < -0.3 is 5.11 Å². The van der Waals surface area contributed by atoms with Crippen molar-refractivity contribution in [3.8, 4) is 0 Å². The van der Waals surface area contributed by atoms with Crippen LogP contribution in [-0.2, 0) is 12.8 Å². The number of hydrogen-bond donors (Lipinski definition) is 1. The number of halogens is 2. The van der Waals surface area contributed by atoms with Crippen molar-refractivity contribution in [3.05, 3.63) is 77.8 Å². The summed E-state index contributed by atoms with van der Waals surface area (Å²) < 4.78 is 30.1.